The van der Waals surface area contributed by atoms with Gasteiger partial charge < -0.3 is 15.8 Å². The van der Waals surface area contributed by atoms with E-state index >= 15 is 0 Å². The van der Waals surface area contributed by atoms with Gasteiger partial charge in [-0.25, -0.2) is 4.98 Å². The number of amides is 1. The summed E-state index contributed by atoms with van der Waals surface area (Å²) in [6.07, 6.45) is 3.65. The SMILES string of the molecule is Cn1nc(-c2ccc(Cn3cccn3)cc2)c(O)c1-c1nc2ccc(C(N)=O)cc2[nH]1. The van der Waals surface area contributed by atoms with Gasteiger partial charge in [0.25, 0.3) is 0 Å². The highest BCUT2D eigenvalue weighted by Crippen LogP contribution is 2.37. The minimum absolute atomic E-state index is 0.0245. The predicted molar refractivity (Wildman–Crippen MR) is 115 cm³/mol. The fourth-order valence-corrected chi connectivity index (χ4v) is 3.60. The Labute approximate surface area is 176 Å². The lowest BCUT2D eigenvalue weighted by Gasteiger charge is -2.03. The number of H-pyrrole nitrogens is 1. The van der Waals surface area contributed by atoms with Crippen molar-refractivity contribution >= 4 is 16.9 Å². The average molecular weight is 413 g/mol. The number of carbonyl (C=O) groups excluding carboxylic acids is 1. The molecule has 5 aromatic rings. The first-order valence-electron chi connectivity index (χ1n) is 9.62. The van der Waals surface area contributed by atoms with Crippen LogP contribution in [0.3, 0.4) is 0 Å². The maximum absolute atomic E-state index is 11.4. The molecule has 0 aliphatic rings. The molecule has 0 unspecified atom stereocenters. The number of hydrogen-bond donors (Lipinski definition) is 3. The van der Waals surface area contributed by atoms with Crippen LogP contribution in [0.2, 0.25) is 0 Å². The van der Waals surface area contributed by atoms with Gasteiger partial charge in [-0.05, 0) is 29.8 Å². The summed E-state index contributed by atoms with van der Waals surface area (Å²) in [6.45, 7) is 0.666. The molecule has 3 heterocycles. The van der Waals surface area contributed by atoms with E-state index in [4.69, 9.17) is 5.73 Å². The van der Waals surface area contributed by atoms with E-state index < -0.39 is 5.91 Å². The van der Waals surface area contributed by atoms with Crippen LogP contribution in [0, 0.1) is 0 Å². The quantitative estimate of drug-likeness (QED) is 0.408. The highest BCUT2D eigenvalue weighted by Gasteiger charge is 2.21. The molecule has 0 saturated carbocycles. The number of aryl methyl sites for hydroxylation is 1. The van der Waals surface area contributed by atoms with Crippen molar-refractivity contribution in [2.45, 2.75) is 6.54 Å². The van der Waals surface area contributed by atoms with Gasteiger partial charge in [0.05, 0.1) is 17.6 Å². The molecule has 3 aromatic heterocycles. The Balaban J connectivity index is 1.49. The topological polar surface area (TPSA) is 128 Å². The van der Waals surface area contributed by atoms with Crippen LogP contribution in [0.4, 0.5) is 0 Å². The molecular weight excluding hydrogens is 394 g/mol. The molecule has 9 nitrogen and oxygen atoms in total. The van der Waals surface area contributed by atoms with E-state index in [0.29, 0.717) is 40.4 Å². The molecule has 0 aliphatic carbocycles. The molecule has 4 N–H and O–H groups in total. The second-order valence-corrected chi connectivity index (χ2v) is 7.25. The second-order valence-electron chi connectivity index (χ2n) is 7.25. The number of nitrogens with zero attached hydrogens (tertiary/aromatic N) is 5. The molecule has 0 bridgehead atoms. The van der Waals surface area contributed by atoms with Gasteiger partial charge in [-0.15, -0.1) is 0 Å². The highest BCUT2D eigenvalue weighted by atomic mass is 16.3. The molecule has 0 fully saturated rings. The van der Waals surface area contributed by atoms with E-state index in [1.165, 1.54) is 0 Å². The van der Waals surface area contributed by atoms with Crippen LogP contribution in [-0.2, 0) is 13.6 Å². The van der Waals surface area contributed by atoms with E-state index in [0.717, 1.165) is 11.1 Å². The van der Waals surface area contributed by atoms with Crippen molar-refractivity contribution in [2.75, 3.05) is 0 Å². The standard InChI is InChI=1S/C22H19N7O2/c1-28-19(22-25-16-8-7-15(21(23)31)11-17(16)26-22)20(30)18(27-28)14-5-3-13(4-6-14)12-29-10-2-9-24-29/h2-11,30H,12H2,1H3,(H2,23,31)(H,25,26). The van der Waals surface area contributed by atoms with Crippen molar-refractivity contribution in [2.24, 2.45) is 12.8 Å². The summed E-state index contributed by atoms with van der Waals surface area (Å²) in [5, 5.41) is 19.6. The van der Waals surface area contributed by atoms with Gasteiger partial charge in [0.15, 0.2) is 11.6 Å². The smallest absolute Gasteiger partial charge is 0.248 e. The number of rotatable bonds is 5. The Morgan fingerprint density at radius 1 is 1.19 bits per heavy atom. The Morgan fingerprint density at radius 3 is 2.71 bits per heavy atom. The van der Waals surface area contributed by atoms with Crippen molar-refractivity contribution in [1.29, 1.82) is 0 Å². The molecule has 0 radical (unpaired) electrons. The molecule has 9 heteroatoms. The fraction of sp³-hybridized carbons (Fsp3) is 0.0909. The second kappa shape index (κ2) is 7.13. The summed E-state index contributed by atoms with van der Waals surface area (Å²) in [4.78, 5) is 19.1. The van der Waals surface area contributed by atoms with Crippen molar-refractivity contribution in [3.63, 3.8) is 0 Å². The number of aromatic nitrogens is 6. The fourth-order valence-electron chi connectivity index (χ4n) is 3.60. The number of benzene rings is 2. The lowest BCUT2D eigenvalue weighted by atomic mass is 10.1. The molecule has 2 aromatic carbocycles. The normalized spacial score (nSPS) is 11.3. The first-order chi connectivity index (χ1) is 15.0. The summed E-state index contributed by atoms with van der Waals surface area (Å²) in [7, 11) is 1.74. The number of hydrogen-bond acceptors (Lipinski definition) is 5. The van der Waals surface area contributed by atoms with E-state index in [1.807, 2.05) is 41.2 Å². The van der Waals surface area contributed by atoms with Crippen molar-refractivity contribution in [3.8, 4) is 28.5 Å². The number of carbonyl (C=O) groups is 1. The number of aromatic hydroxyl groups is 1. The molecule has 0 atom stereocenters. The van der Waals surface area contributed by atoms with E-state index in [9.17, 15) is 9.90 Å². The Morgan fingerprint density at radius 2 is 2.00 bits per heavy atom. The van der Waals surface area contributed by atoms with Gasteiger partial charge in [-0.3, -0.25) is 14.2 Å². The van der Waals surface area contributed by atoms with Crippen LogP contribution in [0.5, 0.6) is 5.75 Å². The Bertz CT molecular complexity index is 1400. The number of nitrogens with one attached hydrogen (secondary N) is 1. The maximum Gasteiger partial charge on any atom is 0.248 e. The summed E-state index contributed by atoms with van der Waals surface area (Å²) in [5.41, 5.74) is 9.83. The molecule has 154 valence electrons. The third kappa shape index (κ3) is 3.31. The largest absolute Gasteiger partial charge is 0.504 e. The minimum atomic E-state index is -0.514. The first-order valence-corrected chi connectivity index (χ1v) is 9.62. The van der Waals surface area contributed by atoms with E-state index in [1.54, 1.807) is 36.1 Å². The number of nitrogens with two attached hydrogens (primary N) is 1. The summed E-state index contributed by atoms with van der Waals surface area (Å²) >= 11 is 0. The van der Waals surface area contributed by atoms with Gasteiger partial charge in [0.2, 0.25) is 5.91 Å². The lowest BCUT2D eigenvalue weighted by Crippen LogP contribution is -2.10. The van der Waals surface area contributed by atoms with Gasteiger partial charge in [0, 0.05) is 30.6 Å². The molecule has 0 aliphatic heterocycles. The first kappa shape index (κ1) is 18.6. The summed E-state index contributed by atoms with van der Waals surface area (Å²) < 4.78 is 3.42. The van der Waals surface area contributed by atoms with E-state index in [2.05, 4.69) is 20.2 Å². The number of primary amides is 1. The van der Waals surface area contributed by atoms with Gasteiger partial charge in [0.1, 0.15) is 11.4 Å². The van der Waals surface area contributed by atoms with Gasteiger partial charge in [-0.2, -0.15) is 10.2 Å². The zero-order valence-corrected chi connectivity index (χ0v) is 16.6. The molecule has 0 spiro atoms. The number of aromatic amines is 1. The van der Waals surface area contributed by atoms with Gasteiger partial charge in [-0.1, -0.05) is 24.3 Å². The van der Waals surface area contributed by atoms with Crippen LogP contribution in [0.25, 0.3) is 33.8 Å². The zero-order chi connectivity index (χ0) is 21.5. The molecule has 0 saturated heterocycles. The van der Waals surface area contributed by atoms with Crippen molar-refractivity contribution < 1.29 is 9.90 Å². The third-order valence-corrected chi connectivity index (χ3v) is 5.14. The van der Waals surface area contributed by atoms with Crippen molar-refractivity contribution in [1.82, 2.24) is 29.5 Å². The van der Waals surface area contributed by atoms with Crippen LogP contribution >= 0.6 is 0 Å². The van der Waals surface area contributed by atoms with Crippen LogP contribution in [-0.4, -0.2) is 40.5 Å². The lowest BCUT2D eigenvalue weighted by molar-refractivity contribution is 0.100. The average Bonchev–Trinajstić information content (AvgIpc) is 3.47. The number of fused-ring (bicyclic) bond motifs is 1. The monoisotopic (exact) mass is 413 g/mol. The van der Waals surface area contributed by atoms with Gasteiger partial charge >= 0.3 is 0 Å². The summed E-state index contributed by atoms with van der Waals surface area (Å²) in [6, 6.07) is 14.7. The number of imidazole rings is 1. The minimum Gasteiger partial charge on any atom is -0.504 e. The highest BCUT2D eigenvalue weighted by molar-refractivity contribution is 5.96. The zero-order valence-electron chi connectivity index (χ0n) is 16.6. The van der Waals surface area contributed by atoms with Crippen LogP contribution < -0.4 is 5.73 Å². The maximum atomic E-state index is 11.4. The third-order valence-electron chi connectivity index (χ3n) is 5.14. The summed E-state index contributed by atoms with van der Waals surface area (Å²) in [5.74, 6) is -0.0399. The Kier molecular flexibility index (Phi) is 4.28. The molecule has 31 heavy (non-hydrogen) atoms. The van der Waals surface area contributed by atoms with Crippen LogP contribution in [0.1, 0.15) is 15.9 Å². The molecule has 1 amide bonds. The van der Waals surface area contributed by atoms with Crippen molar-refractivity contribution in [3.05, 3.63) is 72.1 Å². The van der Waals surface area contributed by atoms with E-state index in [-0.39, 0.29) is 5.75 Å². The predicted octanol–water partition coefficient (Wildman–Crippen LogP) is 2.68. The molecule has 5 rings (SSSR count). The van der Waals surface area contributed by atoms with Crippen LogP contribution in [0.15, 0.2) is 60.9 Å². The Hall–Kier alpha value is -4.40. The molecular formula is C22H19N7O2.